The molecule has 0 bridgehead atoms. The van der Waals surface area contributed by atoms with Crippen LogP contribution in [0.3, 0.4) is 0 Å². The minimum atomic E-state index is -0.727. The minimum absolute atomic E-state index is 0.329. The maximum atomic E-state index is 12.5. The van der Waals surface area contributed by atoms with Crippen LogP contribution in [-0.4, -0.2) is 22.8 Å². The summed E-state index contributed by atoms with van der Waals surface area (Å²) in [5.74, 6) is -0.881. The Hall–Kier alpha value is -2.69. The molecule has 2 amide bonds. The number of amides is 2. The third-order valence-corrected chi connectivity index (χ3v) is 3.30. The average Bonchev–Trinajstić information content (AvgIpc) is 2.50. The molecule has 1 atom stereocenters. The summed E-state index contributed by atoms with van der Waals surface area (Å²) in [6, 6.07) is 8.27. The van der Waals surface area contributed by atoms with Gasteiger partial charge < -0.3 is 11.1 Å². The zero-order valence-electron chi connectivity index (χ0n) is 12.7. The minimum Gasteiger partial charge on any atom is -0.368 e. The largest absolute Gasteiger partial charge is 0.368 e. The highest BCUT2D eigenvalue weighted by Gasteiger charge is 2.19. The van der Waals surface area contributed by atoms with E-state index in [0.29, 0.717) is 12.0 Å². The molecule has 2 rings (SSSR count). The zero-order valence-corrected chi connectivity index (χ0v) is 12.7. The van der Waals surface area contributed by atoms with Gasteiger partial charge in [-0.1, -0.05) is 29.8 Å². The predicted molar refractivity (Wildman–Crippen MR) is 86.2 cm³/mol. The first-order chi connectivity index (χ1) is 10.5. The number of carbonyl (C=O) groups is 2. The molecule has 1 aromatic heterocycles. The lowest BCUT2D eigenvalue weighted by atomic mass is 10.1. The maximum absolute atomic E-state index is 12.5. The Morgan fingerprint density at radius 2 is 2.00 bits per heavy atom. The normalized spacial score (nSPS) is 11.7. The first-order valence-corrected chi connectivity index (χ1v) is 7.06. The van der Waals surface area contributed by atoms with E-state index in [1.165, 1.54) is 0 Å². The van der Waals surface area contributed by atoms with E-state index in [1.54, 1.807) is 12.3 Å². The third-order valence-electron chi connectivity index (χ3n) is 3.30. The second-order valence-electron chi connectivity index (χ2n) is 5.32. The molecule has 0 saturated heterocycles. The number of pyridine rings is 1. The molecule has 0 spiro atoms. The Kier molecular flexibility index (Phi) is 4.88. The van der Waals surface area contributed by atoms with Gasteiger partial charge in [-0.2, -0.15) is 0 Å². The van der Waals surface area contributed by atoms with Gasteiger partial charge in [-0.15, -0.1) is 0 Å². The summed E-state index contributed by atoms with van der Waals surface area (Å²) < 4.78 is 0. The van der Waals surface area contributed by atoms with E-state index >= 15 is 0 Å². The number of allylic oxidation sites excluding steroid dienone is 1. The van der Waals surface area contributed by atoms with Gasteiger partial charge in [0.25, 0.3) is 5.91 Å². The van der Waals surface area contributed by atoms with Crippen LogP contribution in [0, 0.1) is 0 Å². The quantitative estimate of drug-likeness (QED) is 0.829. The monoisotopic (exact) mass is 297 g/mol. The number of fused-ring (bicyclic) bond motifs is 1. The number of rotatable bonds is 5. The van der Waals surface area contributed by atoms with Crippen LogP contribution in [-0.2, 0) is 4.79 Å². The molecule has 22 heavy (non-hydrogen) atoms. The molecule has 5 heteroatoms. The molecule has 114 valence electrons. The van der Waals surface area contributed by atoms with Gasteiger partial charge in [-0.25, -0.2) is 0 Å². The first-order valence-electron chi connectivity index (χ1n) is 7.06. The molecule has 0 aliphatic rings. The Morgan fingerprint density at radius 1 is 1.27 bits per heavy atom. The van der Waals surface area contributed by atoms with Crippen LogP contribution in [0.15, 0.2) is 48.2 Å². The van der Waals surface area contributed by atoms with Gasteiger partial charge in [0, 0.05) is 11.6 Å². The lowest BCUT2D eigenvalue weighted by molar-refractivity contribution is -0.119. The SMILES string of the molecule is CC(C)=CC[C@H](NC(=O)c1ccnc2ccccc12)C(N)=O. The lowest BCUT2D eigenvalue weighted by Gasteiger charge is -2.15. The standard InChI is InChI=1S/C17H19N3O2/c1-11(2)7-8-15(16(18)21)20-17(22)13-9-10-19-14-6-4-3-5-12(13)14/h3-7,9-10,15H,8H2,1-2H3,(H2,18,21)(H,20,22)/t15-/m0/s1. The number of nitrogens with two attached hydrogens (primary N) is 1. The summed E-state index contributed by atoms with van der Waals surface area (Å²) in [5.41, 5.74) is 7.64. The Labute approximate surface area is 129 Å². The molecule has 2 aromatic rings. The summed E-state index contributed by atoms with van der Waals surface area (Å²) in [6.07, 6.45) is 3.83. The molecule has 1 aromatic carbocycles. The Morgan fingerprint density at radius 3 is 2.68 bits per heavy atom. The van der Waals surface area contributed by atoms with E-state index < -0.39 is 11.9 Å². The fraction of sp³-hybridized carbons (Fsp3) is 0.235. The number of nitrogens with zero attached hydrogens (tertiary/aromatic N) is 1. The first kappa shape index (κ1) is 15.7. The molecular weight excluding hydrogens is 278 g/mol. The van der Waals surface area contributed by atoms with Crippen molar-refractivity contribution in [1.82, 2.24) is 10.3 Å². The van der Waals surface area contributed by atoms with Gasteiger partial charge in [0.1, 0.15) is 6.04 Å². The van der Waals surface area contributed by atoms with Crippen molar-refractivity contribution >= 4 is 22.7 Å². The van der Waals surface area contributed by atoms with E-state index in [4.69, 9.17) is 5.73 Å². The molecule has 0 saturated carbocycles. The second kappa shape index (κ2) is 6.85. The summed E-state index contributed by atoms with van der Waals surface area (Å²) in [7, 11) is 0. The summed E-state index contributed by atoms with van der Waals surface area (Å²) in [5, 5.41) is 3.44. The number of aromatic nitrogens is 1. The molecular formula is C17H19N3O2. The van der Waals surface area contributed by atoms with E-state index in [0.717, 1.165) is 16.5 Å². The van der Waals surface area contributed by atoms with Crippen LogP contribution in [0.4, 0.5) is 0 Å². The molecule has 3 N–H and O–H groups in total. The van der Waals surface area contributed by atoms with Gasteiger partial charge in [-0.3, -0.25) is 14.6 Å². The summed E-state index contributed by atoms with van der Waals surface area (Å²) in [4.78, 5) is 28.2. The predicted octanol–water partition coefficient (Wildman–Crippen LogP) is 2.17. The fourth-order valence-corrected chi connectivity index (χ4v) is 2.13. The van der Waals surface area contributed by atoms with Gasteiger partial charge >= 0.3 is 0 Å². The lowest BCUT2D eigenvalue weighted by Crippen LogP contribution is -2.44. The smallest absolute Gasteiger partial charge is 0.252 e. The van der Waals surface area contributed by atoms with Gasteiger partial charge in [0.2, 0.25) is 5.91 Å². The molecule has 1 heterocycles. The van der Waals surface area contributed by atoms with Crippen molar-refractivity contribution in [3.8, 4) is 0 Å². The Balaban J connectivity index is 2.26. The molecule has 0 aliphatic carbocycles. The topological polar surface area (TPSA) is 85.1 Å². The molecule has 0 radical (unpaired) electrons. The van der Waals surface area contributed by atoms with Gasteiger partial charge in [0.05, 0.1) is 11.1 Å². The number of nitrogens with one attached hydrogen (secondary N) is 1. The highest BCUT2D eigenvalue weighted by molar-refractivity contribution is 6.07. The van der Waals surface area contributed by atoms with E-state index in [1.807, 2.05) is 44.2 Å². The number of hydrogen-bond donors (Lipinski definition) is 2. The maximum Gasteiger partial charge on any atom is 0.252 e. The van der Waals surface area contributed by atoms with Crippen molar-refractivity contribution in [3.63, 3.8) is 0 Å². The van der Waals surface area contributed by atoms with Crippen molar-refractivity contribution in [2.45, 2.75) is 26.3 Å². The van der Waals surface area contributed by atoms with Gasteiger partial charge in [0.15, 0.2) is 0 Å². The Bertz CT molecular complexity index is 728. The number of para-hydroxylation sites is 1. The zero-order chi connectivity index (χ0) is 16.1. The van der Waals surface area contributed by atoms with E-state index in [2.05, 4.69) is 10.3 Å². The van der Waals surface area contributed by atoms with Gasteiger partial charge in [-0.05, 0) is 32.4 Å². The van der Waals surface area contributed by atoms with E-state index in [9.17, 15) is 9.59 Å². The third kappa shape index (κ3) is 3.69. The highest BCUT2D eigenvalue weighted by Crippen LogP contribution is 2.16. The highest BCUT2D eigenvalue weighted by atomic mass is 16.2. The average molecular weight is 297 g/mol. The summed E-state index contributed by atoms with van der Waals surface area (Å²) >= 11 is 0. The fourth-order valence-electron chi connectivity index (χ4n) is 2.13. The summed E-state index contributed by atoms with van der Waals surface area (Å²) in [6.45, 7) is 3.85. The number of hydrogen-bond acceptors (Lipinski definition) is 3. The van der Waals surface area contributed by atoms with Crippen LogP contribution >= 0.6 is 0 Å². The number of primary amides is 1. The van der Waals surface area contributed by atoms with Crippen molar-refractivity contribution < 1.29 is 9.59 Å². The second-order valence-corrected chi connectivity index (χ2v) is 5.32. The van der Waals surface area contributed by atoms with Crippen molar-refractivity contribution in [1.29, 1.82) is 0 Å². The molecule has 0 aliphatic heterocycles. The van der Waals surface area contributed by atoms with Crippen LogP contribution in [0.25, 0.3) is 10.9 Å². The van der Waals surface area contributed by atoms with Crippen molar-refractivity contribution in [2.24, 2.45) is 5.73 Å². The molecule has 5 nitrogen and oxygen atoms in total. The molecule has 0 unspecified atom stereocenters. The number of benzene rings is 1. The van der Waals surface area contributed by atoms with Crippen LogP contribution in [0.1, 0.15) is 30.6 Å². The molecule has 0 fully saturated rings. The van der Waals surface area contributed by atoms with Crippen LogP contribution in [0.2, 0.25) is 0 Å². The van der Waals surface area contributed by atoms with E-state index in [-0.39, 0.29) is 5.91 Å². The van der Waals surface area contributed by atoms with Crippen molar-refractivity contribution in [2.75, 3.05) is 0 Å². The van der Waals surface area contributed by atoms with Crippen LogP contribution < -0.4 is 11.1 Å². The van der Waals surface area contributed by atoms with Crippen molar-refractivity contribution in [3.05, 3.63) is 53.7 Å². The number of carbonyl (C=O) groups excluding carboxylic acids is 2. The van der Waals surface area contributed by atoms with Crippen LogP contribution in [0.5, 0.6) is 0 Å².